The van der Waals surface area contributed by atoms with E-state index in [9.17, 15) is 4.79 Å². The predicted octanol–water partition coefficient (Wildman–Crippen LogP) is 3.00. The maximum atomic E-state index is 11.4. The van der Waals surface area contributed by atoms with Crippen LogP contribution in [-0.4, -0.2) is 31.6 Å². The minimum atomic E-state index is 0.181. The molecule has 2 fully saturated rings. The average Bonchev–Trinajstić information content (AvgIpc) is 2.73. The van der Waals surface area contributed by atoms with Gasteiger partial charge in [-0.1, -0.05) is 13.0 Å². The van der Waals surface area contributed by atoms with Crippen molar-refractivity contribution in [3.05, 3.63) is 24.3 Å². The smallest absolute Gasteiger partial charge is 0.220 e. The van der Waals surface area contributed by atoms with Crippen molar-refractivity contribution in [3.8, 4) is 0 Å². The molecule has 0 saturated carbocycles. The standard InChI is InChI=1S/C18H27N3O/c1-14-8-11-21(12-9-14)17-4-2-3-16(13-17)20-15-5-6-18(22)19-10-7-15/h2-4,13-15,20H,5-12H2,1H3,(H,19,22). The Hall–Kier alpha value is -1.71. The van der Waals surface area contributed by atoms with Crippen molar-refractivity contribution in [3.63, 3.8) is 0 Å². The van der Waals surface area contributed by atoms with Crippen LogP contribution in [0.4, 0.5) is 11.4 Å². The van der Waals surface area contributed by atoms with Crippen LogP contribution in [-0.2, 0) is 4.79 Å². The van der Waals surface area contributed by atoms with Crippen LogP contribution < -0.4 is 15.5 Å². The summed E-state index contributed by atoms with van der Waals surface area (Å²) in [6.07, 6.45) is 5.11. The normalized spacial score (nSPS) is 23.8. The van der Waals surface area contributed by atoms with E-state index in [-0.39, 0.29) is 5.91 Å². The lowest BCUT2D eigenvalue weighted by Crippen LogP contribution is -2.32. The predicted molar refractivity (Wildman–Crippen MR) is 91.3 cm³/mol. The minimum Gasteiger partial charge on any atom is -0.382 e. The molecule has 0 radical (unpaired) electrons. The van der Waals surface area contributed by atoms with Crippen molar-refractivity contribution in [2.24, 2.45) is 5.92 Å². The number of hydrogen-bond acceptors (Lipinski definition) is 3. The number of carbonyl (C=O) groups excluding carboxylic acids is 1. The van der Waals surface area contributed by atoms with Crippen LogP contribution in [0.2, 0.25) is 0 Å². The van der Waals surface area contributed by atoms with Crippen LogP contribution in [0.25, 0.3) is 0 Å². The molecule has 2 saturated heterocycles. The number of piperidine rings is 1. The van der Waals surface area contributed by atoms with E-state index < -0.39 is 0 Å². The molecule has 2 aliphatic rings. The zero-order valence-corrected chi connectivity index (χ0v) is 13.5. The second kappa shape index (κ2) is 7.03. The summed E-state index contributed by atoms with van der Waals surface area (Å²) in [7, 11) is 0. The number of hydrogen-bond donors (Lipinski definition) is 2. The lowest BCUT2D eigenvalue weighted by Gasteiger charge is -2.32. The van der Waals surface area contributed by atoms with Crippen molar-refractivity contribution < 1.29 is 4.79 Å². The van der Waals surface area contributed by atoms with E-state index >= 15 is 0 Å². The van der Waals surface area contributed by atoms with Crippen LogP contribution in [0, 0.1) is 5.92 Å². The second-order valence-corrected chi connectivity index (χ2v) is 6.74. The van der Waals surface area contributed by atoms with Gasteiger partial charge in [0, 0.05) is 43.5 Å². The maximum Gasteiger partial charge on any atom is 0.220 e. The fraction of sp³-hybridized carbons (Fsp3) is 0.611. The molecular formula is C18H27N3O. The molecule has 22 heavy (non-hydrogen) atoms. The summed E-state index contributed by atoms with van der Waals surface area (Å²) in [6, 6.07) is 9.12. The molecule has 2 N–H and O–H groups in total. The third-order valence-corrected chi connectivity index (χ3v) is 4.90. The van der Waals surface area contributed by atoms with Gasteiger partial charge in [0.15, 0.2) is 0 Å². The van der Waals surface area contributed by atoms with Crippen LogP contribution in [0.3, 0.4) is 0 Å². The molecule has 1 atom stereocenters. The first-order valence-electron chi connectivity index (χ1n) is 8.59. The fourth-order valence-corrected chi connectivity index (χ4v) is 3.36. The highest BCUT2D eigenvalue weighted by Gasteiger charge is 2.18. The van der Waals surface area contributed by atoms with Gasteiger partial charge in [0.2, 0.25) is 5.91 Å². The molecule has 2 heterocycles. The van der Waals surface area contributed by atoms with Gasteiger partial charge in [0.05, 0.1) is 0 Å². The molecule has 3 rings (SSSR count). The minimum absolute atomic E-state index is 0.181. The fourth-order valence-electron chi connectivity index (χ4n) is 3.36. The molecular weight excluding hydrogens is 274 g/mol. The lowest BCUT2D eigenvalue weighted by atomic mass is 9.99. The molecule has 0 spiro atoms. The van der Waals surface area contributed by atoms with Gasteiger partial charge in [0.1, 0.15) is 0 Å². The van der Waals surface area contributed by atoms with Crippen molar-refractivity contribution in [1.82, 2.24) is 5.32 Å². The summed E-state index contributed by atoms with van der Waals surface area (Å²) in [5, 5.41) is 6.55. The van der Waals surface area contributed by atoms with Gasteiger partial charge in [-0.2, -0.15) is 0 Å². The molecule has 120 valence electrons. The highest BCUT2D eigenvalue weighted by molar-refractivity contribution is 5.76. The van der Waals surface area contributed by atoms with Gasteiger partial charge in [-0.15, -0.1) is 0 Å². The van der Waals surface area contributed by atoms with E-state index in [1.165, 1.54) is 24.2 Å². The van der Waals surface area contributed by atoms with Crippen molar-refractivity contribution in [2.75, 3.05) is 29.9 Å². The highest BCUT2D eigenvalue weighted by Crippen LogP contribution is 2.26. The quantitative estimate of drug-likeness (QED) is 0.902. The van der Waals surface area contributed by atoms with Crippen molar-refractivity contribution in [2.45, 2.75) is 45.1 Å². The van der Waals surface area contributed by atoms with Gasteiger partial charge in [0.25, 0.3) is 0 Å². The Morgan fingerprint density at radius 1 is 1.18 bits per heavy atom. The lowest BCUT2D eigenvalue weighted by molar-refractivity contribution is -0.120. The van der Waals surface area contributed by atoms with Crippen LogP contribution in [0.1, 0.15) is 39.0 Å². The Morgan fingerprint density at radius 2 is 2.00 bits per heavy atom. The molecule has 0 bridgehead atoms. The monoisotopic (exact) mass is 301 g/mol. The first-order valence-corrected chi connectivity index (χ1v) is 8.59. The molecule has 0 aromatic heterocycles. The van der Waals surface area contributed by atoms with E-state index in [0.29, 0.717) is 12.5 Å². The molecule has 1 aromatic carbocycles. The Labute approximate surface area is 133 Å². The first-order chi connectivity index (χ1) is 10.7. The number of benzene rings is 1. The SMILES string of the molecule is CC1CCN(c2cccc(NC3CCNC(=O)CC3)c2)CC1. The summed E-state index contributed by atoms with van der Waals surface area (Å²) in [6.45, 7) is 5.44. The van der Waals surface area contributed by atoms with E-state index in [0.717, 1.165) is 38.4 Å². The van der Waals surface area contributed by atoms with E-state index in [2.05, 4.69) is 46.7 Å². The summed E-state index contributed by atoms with van der Waals surface area (Å²) < 4.78 is 0. The van der Waals surface area contributed by atoms with E-state index in [1.54, 1.807) is 0 Å². The number of anilines is 2. The Bertz CT molecular complexity index is 509. The van der Waals surface area contributed by atoms with Gasteiger partial charge in [-0.25, -0.2) is 0 Å². The molecule has 0 aliphatic carbocycles. The second-order valence-electron chi connectivity index (χ2n) is 6.74. The largest absolute Gasteiger partial charge is 0.382 e. The van der Waals surface area contributed by atoms with E-state index in [1.807, 2.05) is 0 Å². The number of carbonyl (C=O) groups is 1. The molecule has 1 unspecified atom stereocenters. The first kappa shape index (κ1) is 15.2. The van der Waals surface area contributed by atoms with Crippen LogP contribution >= 0.6 is 0 Å². The summed E-state index contributed by atoms with van der Waals surface area (Å²) in [5.74, 6) is 1.04. The third-order valence-electron chi connectivity index (χ3n) is 4.90. The van der Waals surface area contributed by atoms with Gasteiger partial charge in [-0.3, -0.25) is 4.79 Å². The Balaban J connectivity index is 1.62. The third kappa shape index (κ3) is 3.93. The Kier molecular flexibility index (Phi) is 4.86. The Morgan fingerprint density at radius 3 is 2.82 bits per heavy atom. The van der Waals surface area contributed by atoms with Crippen LogP contribution in [0.15, 0.2) is 24.3 Å². The molecule has 2 aliphatic heterocycles. The maximum absolute atomic E-state index is 11.4. The van der Waals surface area contributed by atoms with Gasteiger partial charge < -0.3 is 15.5 Å². The van der Waals surface area contributed by atoms with Crippen molar-refractivity contribution >= 4 is 17.3 Å². The molecule has 4 heteroatoms. The summed E-state index contributed by atoms with van der Waals surface area (Å²) >= 11 is 0. The zero-order chi connectivity index (χ0) is 15.4. The van der Waals surface area contributed by atoms with Crippen molar-refractivity contribution in [1.29, 1.82) is 0 Å². The zero-order valence-electron chi connectivity index (χ0n) is 13.5. The summed E-state index contributed by atoms with van der Waals surface area (Å²) in [4.78, 5) is 13.9. The van der Waals surface area contributed by atoms with Crippen LogP contribution in [0.5, 0.6) is 0 Å². The number of nitrogens with zero attached hydrogens (tertiary/aromatic N) is 1. The molecule has 4 nitrogen and oxygen atoms in total. The summed E-state index contributed by atoms with van der Waals surface area (Å²) in [5.41, 5.74) is 2.50. The number of nitrogens with one attached hydrogen (secondary N) is 2. The van der Waals surface area contributed by atoms with E-state index in [4.69, 9.17) is 0 Å². The number of rotatable bonds is 3. The topological polar surface area (TPSA) is 44.4 Å². The van der Waals surface area contributed by atoms with Gasteiger partial charge in [-0.05, 0) is 49.8 Å². The molecule has 1 aromatic rings. The number of amides is 1. The molecule has 1 amide bonds. The average molecular weight is 301 g/mol. The highest BCUT2D eigenvalue weighted by atomic mass is 16.1. The van der Waals surface area contributed by atoms with Gasteiger partial charge >= 0.3 is 0 Å².